The minimum absolute atomic E-state index is 0.00193. The molecule has 0 aromatic heterocycles. The van der Waals surface area contributed by atoms with Gasteiger partial charge in [0.1, 0.15) is 12.0 Å². The summed E-state index contributed by atoms with van der Waals surface area (Å²) < 4.78 is 13.0. The Kier molecular flexibility index (Phi) is 5.00. The zero-order valence-corrected chi connectivity index (χ0v) is 14.5. The highest BCUT2D eigenvalue weighted by atomic mass is 19.1. The zero-order chi connectivity index (χ0) is 17.9. The SMILES string of the molecule is O=C1NC(=NCCN2CCN(c3ccc(F)cc3)CC2)NC2NNCC12. The maximum Gasteiger partial charge on any atom is 0.234 e. The van der Waals surface area contributed by atoms with Crippen molar-refractivity contribution in [2.75, 3.05) is 50.7 Å². The molecule has 1 amide bonds. The highest BCUT2D eigenvalue weighted by Crippen LogP contribution is 2.16. The highest BCUT2D eigenvalue weighted by Gasteiger charge is 2.37. The number of aliphatic imine (C=N–C) groups is 1. The van der Waals surface area contributed by atoms with Crippen LogP contribution in [-0.2, 0) is 4.79 Å². The van der Waals surface area contributed by atoms with Crippen molar-refractivity contribution in [1.82, 2.24) is 26.4 Å². The number of hydrogen-bond acceptors (Lipinski definition) is 6. The lowest BCUT2D eigenvalue weighted by molar-refractivity contribution is -0.124. The number of carbonyl (C=O) groups excluding carboxylic acids is 1. The Morgan fingerprint density at radius 1 is 1.15 bits per heavy atom. The van der Waals surface area contributed by atoms with Crippen LogP contribution in [0.5, 0.6) is 0 Å². The van der Waals surface area contributed by atoms with Crippen LogP contribution in [0.3, 0.4) is 0 Å². The lowest BCUT2D eigenvalue weighted by Crippen LogP contribution is -2.61. The summed E-state index contributed by atoms with van der Waals surface area (Å²) in [6, 6.07) is 6.66. The second-order valence-corrected chi connectivity index (χ2v) is 6.78. The standard InChI is InChI=1S/C17H24FN7O/c18-12-1-3-13(4-2-12)25-9-7-24(8-10-25)6-5-19-17-21-15-14(11-20-23-15)16(26)22-17/h1-4,14-15,20,23H,5-11H2,(H2,19,21,22,26). The number of halogens is 1. The first-order valence-corrected chi connectivity index (χ1v) is 9.02. The summed E-state index contributed by atoms with van der Waals surface area (Å²) in [4.78, 5) is 21.1. The number of guanidine groups is 1. The van der Waals surface area contributed by atoms with E-state index in [1.54, 1.807) is 0 Å². The molecule has 3 fully saturated rings. The van der Waals surface area contributed by atoms with E-state index in [2.05, 4.69) is 36.3 Å². The molecule has 9 heteroatoms. The van der Waals surface area contributed by atoms with Crippen LogP contribution in [0.25, 0.3) is 0 Å². The van der Waals surface area contributed by atoms with Crippen molar-refractivity contribution >= 4 is 17.6 Å². The lowest BCUT2D eigenvalue weighted by atomic mass is 10.1. The average Bonchev–Trinajstić information content (AvgIpc) is 3.12. The minimum Gasteiger partial charge on any atom is -0.369 e. The first kappa shape index (κ1) is 17.2. The number of hydrogen-bond donors (Lipinski definition) is 4. The minimum atomic E-state index is -0.204. The third-order valence-corrected chi connectivity index (χ3v) is 5.10. The first-order chi connectivity index (χ1) is 12.7. The van der Waals surface area contributed by atoms with Gasteiger partial charge in [0.2, 0.25) is 5.91 Å². The molecule has 1 aromatic rings. The van der Waals surface area contributed by atoms with Crippen molar-refractivity contribution in [2.45, 2.75) is 6.17 Å². The summed E-state index contributed by atoms with van der Waals surface area (Å²) in [7, 11) is 0. The van der Waals surface area contributed by atoms with Crippen LogP contribution < -0.4 is 26.4 Å². The quantitative estimate of drug-likeness (QED) is 0.555. The Balaban J connectivity index is 1.22. The van der Waals surface area contributed by atoms with Crippen LogP contribution in [0.2, 0.25) is 0 Å². The van der Waals surface area contributed by atoms with Gasteiger partial charge in [0, 0.05) is 45.0 Å². The van der Waals surface area contributed by atoms with Gasteiger partial charge < -0.3 is 10.2 Å². The fourth-order valence-corrected chi connectivity index (χ4v) is 3.54. The summed E-state index contributed by atoms with van der Waals surface area (Å²) >= 11 is 0. The number of hydrazine groups is 1. The summed E-state index contributed by atoms with van der Waals surface area (Å²) in [5.41, 5.74) is 7.08. The van der Waals surface area contributed by atoms with Gasteiger partial charge in [-0.1, -0.05) is 0 Å². The number of amides is 1. The number of nitrogens with one attached hydrogen (secondary N) is 4. The van der Waals surface area contributed by atoms with E-state index in [-0.39, 0.29) is 23.8 Å². The van der Waals surface area contributed by atoms with Gasteiger partial charge in [-0.05, 0) is 24.3 Å². The molecule has 140 valence electrons. The van der Waals surface area contributed by atoms with Gasteiger partial charge in [0.25, 0.3) is 0 Å². The molecule has 3 aliphatic rings. The molecular formula is C17H24FN7O. The van der Waals surface area contributed by atoms with E-state index in [0.29, 0.717) is 19.0 Å². The Morgan fingerprint density at radius 3 is 2.69 bits per heavy atom. The second kappa shape index (κ2) is 7.56. The van der Waals surface area contributed by atoms with Crippen LogP contribution in [0, 0.1) is 11.7 Å². The van der Waals surface area contributed by atoms with E-state index in [0.717, 1.165) is 38.4 Å². The summed E-state index contributed by atoms with van der Waals surface area (Å²) in [5, 5.41) is 6.02. The summed E-state index contributed by atoms with van der Waals surface area (Å²) in [6.45, 7) is 5.81. The number of carbonyl (C=O) groups is 1. The number of benzene rings is 1. The first-order valence-electron chi connectivity index (χ1n) is 9.02. The fourth-order valence-electron chi connectivity index (χ4n) is 3.54. The van der Waals surface area contributed by atoms with Crippen molar-refractivity contribution in [3.8, 4) is 0 Å². The van der Waals surface area contributed by atoms with Crippen LogP contribution in [0.4, 0.5) is 10.1 Å². The fraction of sp³-hybridized carbons (Fsp3) is 0.529. The third kappa shape index (κ3) is 3.79. The van der Waals surface area contributed by atoms with Gasteiger partial charge >= 0.3 is 0 Å². The maximum absolute atomic E-state index is 13.0. The third-order valence-electron chi connectivity index (χ3n) is 5.10. The predicted octanol–water partition coefficient (Wildman–Crippen LogP) is -0.927. The van der Waals surface area contributed by atoms with E-state index in [4.69, 9.17) is 0 Å². The van der Waals surface area contributed by atoms with Crippen molar-refractivity contribution in [1.29, 1.82) is 0 Å². The molecule has 26 heavy (non-hydrogen) atoms. The topological polar surface area (TPSA) is 84.0 Å². The van der Waals surface area contributed by atoms with E-state index < -0.39 is 0 Å². The molecule has 3 heterocycles. The van der Waals surface area contributed by atoms with Crippen LogP contribution in [-0.4, -0.2) is 68.7 Å². The van der Waals surface area contributed by atoms with Crippen LogP contribution >= 0.6 is 0 Å². The van der Waals surface area contributed by atoms with Crippen molar-refractivity contribution in [2.24, 2.45) is 10.9 Å². The Hall–Kier alpha value is -2.23. The number of nitrogens with zero attached hydrogens (tertiary/aromatic N) is 3. The smallest absolute Gasteiger partial charge is 0.234 e. The van der Waals surface area contributed by atoms with E-state index in [1.807, 2.05) is 12.1 Å². The monoisotopic (exact) mass is 361 g/mol. The van der Waals surface area contributed by atoms with Gasteiger partial charge in [0.05, 0.1) is 12.5 Å². The Morgan fingerprint density at radius 2 is 1.92 bits per heavy atom. The number of anilines is 1. The van der Waals surface area contributed by atoms with Crippen LogP contribution in [0.1, 0.15) is 0 Å². The van der Waals surface area contributed by atoms with Gasteiger partial charge in [-0.3, -0.25) is 25.4 Å². The molecule has 1 aromatic carbocycles. The highest BCUT2D eigenvalue weighted by molar-refractivity contribution is 6.01. The normalized spacial score (nSPS) is 28.0. The molecule has 0 radical (unpaired) electrons. The largest absolute Gasteiger partial charge is 0.369 e. The summed E-state index contributed by atoms with van der Waals surface area (Å²) in [6.07, 6.45) is -0.0956. The molecular weight excluding hydrogens is 337 g/mol. The molecule has 2 atom stereocenters. The second-order valence-electron chi connectivity index (χ2n) is 6.78. The van der Waals surface area contributed by atoms with Crippen molar-refractivity contribution in [3.05, 3.63) is 30.1 Å². The van der Waals surface area contributed by atoms with Gasteiger partial charge in [-0.2, -0.15) is 0 Å². The van der Waals surface area contributed by atoms with Gasteiger partial charge in [-0.25, -0.2) is 9.82 Å². The van der Waals surface area contributed by atoms with E-state index >= 15 is 0 Å². The average molecular weight is 361 g/mol. The Bertz CT molecular complexity index is 672. The van der Waals surface area contributed by atoms with E-state index in [1.165, 1.54) is 12.1 Å². The number of fused-ring (bicyclic) bond motifs is 1. The molecule has 8 nitrogen and oxygen atoms in total. The van der Waals surface area contributed by atoms with Crippen molar-refractivity contribution in [3.63, 3.8) is 0 Å². The lowest BCUT2D eigenvalue weighted by Gasteiger charge is -2.36. The molecule has 0 spiro atoms. The van der Waals surface area contributed by atoms with Gasteiger partial charge in [0.15, 0.2) is 5.96 Å². The number of rotatable bonds is 4. The molecule has 0 aliphatic carbocycles. The number of piperazine rings is 1. The van der Waals surface area contributed by atoms with Gasteiger partial charge in [-0.15, -0.1) is 0 Å². The molecule has 3 saturated heterocycles. The summed E-state index contributed by atoms with van der Waals surface area (Å²) in [5.74, 6) is 0.230. The molecule has 4 rings (SSSR count). The zero-order valence-electron chi connectivity index (χ0n) is 14.5. The molecule has 3 aliphatic heterocycles. The molecule has 0 saturated carbocycles. The van der Waals surface area contributed by atoms with E-state index in [9.17, 15) is 9.18 Å². The predicted molar refractivity (Wildman–Crippen MR) is 97.0 cm³/mol. The molecule has 2 unspecified atom stereocenters. The molecule has 0 bridgehead atoms. The van der Waals surface area contributed by atoms with Crippen LogP contribution in [0.15, 0.2) is 29.3 Å². The van der Waals surface area contributed by atoms with Crippen molar-refractivity contribution < 1.29 is 9.18 Å². The Labute approximate surface area is 151 Å². The maximum atomic E-state index is 13.0. The molecule has 4 N–H and O–H groups in total.